The van der Waals surface area contributed by atoms with Crippen LogP contribution in [0.4, 0.5) is 0 Å². The Morgan fingerprint density at radius 1 is 0.500 bits per heavy atom. The minimum atomic E-state index is -0.0580. The zero-order chi connectivity index (χ0) is 22.8. The third-order valence-corrected chi connectivity index (χ3v) is 5.46. The Labute approximate surface area is 186 Å². The first-order chi connectivity index (χ1) is 14.2. The number of hydrogen-bond acceptors (Lipinski definition) is 4. The molecular formula is C26H50O4. The van der Waals surface area contributed by atoms with Crippen molar-refractivity contribution in [3.8, 4) is 0 Å². The standard InChI is InChI=1S/C26H50O4/c1-21(2)15-13-17-23(5)29-25(27)19-11-9-7-8-10-12-20-26(28)30-24(6)18-14-16-22(3)4/h21-24H,7-20H2,1-6H3. The molecule has 0 N–H and O–H groups in total. The van der Waals surface area contributed by atoms with Crippen molar-refractivity contribution in [1.29, 1.82) is 0 Å². The summed E-state index contributed by atoms with van der Waals surface area (Å²) in [5, 5.41) is 0. The van der Waals surface area contributed by atoms with E-state index < -0.39 is 0 Å². The molecule has 0 aliphatic rings. The predicted molar refractivity (Wildman–Crippen MR) is 125 cm³/mol. The molecule has 2 unspecified atom stereocenters. The highest BCUT2D eigenvalue weighted by atomic mass is 16.5. The number of ether oxygens (including phenoxy) is 2. The van der Waals surface area contributed by atoms with Crippen LogP contribution in [0.5, 0.6) is 0 Å². The predicted octanol–water partition coefficient (Wildman–Crippen LogP) is 7.62. The Hall–Kier alpha value is -1.06. The first kappa shape index (κ1) is 28.9. The van der Waals surface area contributed by atoms with E-state index in [0.29, 0.717) is 24.7 Å². The van der Waals surface area contributed by atoms with Crippen molar-refractivity contribution in [3.05, 3.63) is 0 Å². The molecule has 0 saturated heterocycles. The Balaban J connectivity index is 3.52. The van der Waals surface area contributed by atoms with E-state index in [9.17, 15) is 9.59 Å². The van der Waals surface area contributed by atoms with Gasteiger partial charge in [0.25, 0.3) is 0 Å². The monoisotopic (exact) mass is 426 g/mol. The molecule has 0 aromatic heterocycles. The lowest BCUT2D eigenvalue weighted by atomic mass is 10.0. The van der Waals surface area contributed by atoms with Gasteiger partial charge >= 0.3 is 11.9 Å². The fraction of sp³-hybridized carbons (Fsp3) is 0.923. The molecule has 0 rings (SSSR count). The molecule has 0 aliphatic heterocycles. The Kier molecular flexibility index (Phi) is 18.0. The zero-order valence-corrected chi connectivity index (χ0v) is 20.8. The van der Waals surface area contributed by atoms with Crippen molar-refractivity contribution in [2.45, 2.75) is 144 Å². The highest BCUT2D eigenvalue weighted by Gasteiger charge is 2.11. The van der Waals surface area contributed by atoms with Gasteiger partial charge in [0.15, 0.2) is 0 Å². The third-order valence-electron chi connectivity index (χ3n) is 5.46. The van der Waals surface area contributed by atoms with Gasteiger partial charge in [0.05, 0.1) is 12.2 Å². The van der Waals surface area contributed by atoms with Crippen LogP contribution in [0, 0.1) is 11.8 Å². The topological polar surface area (TPSA) is 52.6 Å². The van der Waals surface area contributed by atoms with E-state index in [-0.39, 0.29) is 24.1 Å². The van der Waals surface area contributed by atoms with Crippen LogP contribution in [0.3, 0.4) is 0 Å². The number of carbonyl (C=O) groups excluding carboxylic acids is 2. The van der Waals surface area contributed by atoms with Crippen LogP contribution in [0.25, 0.3) is 0 Å². The van der Waals surface area contributed by atoms with Crippen LogP contribution in [0.15, 0.2) is 0 Å². The molecule has 4 heteroatoms. The van der Waals surface area contributed by atoms with E-state index >= 15 is 0 Å². The molecule has 0 saturated carbocycles. The van der Waals surface area contributed by atoms with E-state index in [4.69, 9.17) is 9.47 Å². The number of unbranched alkanes of at least 4 members (excludes halogenated alkanes) is 5. The molecule has 0 bridgehead atoms. The number of esters is 2. The minimum Gasteiger partial charge on any atom is -0.463 e. The molecular weight excluding hydrogens is 376 g/mol. The maximum absolute atomic E-state index is 11.9. The highest BCUT2D eigenvalue weighted by Crippen LogP contribution is 2.14. The Morgan fingerprint density at radius 2 is 0.833 bits per heavy atom. The Bertz CT molecular complexity index is 391. The fourth-order valence-electron chi connectivity index (χ4n) is 3.56. The van der Waals surface area contributed by atoms with Gasteiger partial charge in [-0.3, -0.25) is 9.59 Å². The molecule has 30 heavy (non-hydrogen) atoms. The van der Waals surface area contributed by atoms with E-state index in [1.807, 2.05) is 13.8 Å². The van der Waals surface area contributed by atoms with Gasteiger partial charge < -0.3 is 9.47 Å². The summed E-state index contributed by atoms with van der Waals surface area (Å²) in [4.78, 5) is 23.7. The zero-order valence-electron chi connectivity index (χ0n) is 20.8. The van der Waals surface area contributed by atoms with Crippen LogP contribution >= 0.6 is 0 Å². The quantitative estimate of drug-likeness (QED) is 0.157. The molecule has 2 atom stereocenters. The van der Waals surface area contributed by atoms with Gasteiger partial charge in [0, 0.05) is 12.8 Å². The van der Waals surface area contributed by atoms with Gasteiger partial charge in [-0.05, 0) is 64.2 Å². The van der Waals surface area contributed by atoms with Crippen molar-refractivity contribution in [3.63, 3.8) is 0 Å². The molecule has 178 valence electrons. The van der Waals surface area contributed by atoms with Crippen LogP contribution in [-0.2, 0) is 19.1 Å². The van der Waals surface area contributed by atoms with Crippen LogP contribution in [0.2, 0.25) is 0 Å². The van der Waals surface area contributed by atoms with Gasteiger partial charge in [-0.2, -0.15) is 0 Å². The smallest absolute Gasteiger partial charge is 0.306 e. The van der Waals surface area contributed by atoms with Gasteiger partial charge in [-0.25, -0.2) is 0 Å². The highest BCUT2D eigenvalue weighted by molar-refractivity contribution is 5.69. The van der Waals surface area contributed by atoms with E-state index in [1.54, 1.807) is 0 Å². The summed E-state index contributed by atoms with van der Waals surface area (Å²) < 4.78 is 11.0. The first-order valence-electron chi connectivity index (χ1n) is 12.6. The van der Waals surface area contributed by atoms with E-state index in [1.165, 1.54) is 12.8 Å². The average Bonchev–Trinajstić information content (AvgIpc) is 2.63. The second kappa shape index (κ2) is 18.7. The van der Waals surface area contributed by atoms with E-state index in [2.05, 4.69) is 27.7 Å². The second-order valence-corrected chi connectivity index (χ2v) is 9.87. The summed E-state index contributed by atoms with van der Waals surface area (Å²) in [5.41, 5.74) is 0. The van der Waals surface area contributed by atoms with Gasteiger partial charge in [0.2, 0.25) is 0 Å². The lowest BCUT2D eigenvalue weighted by molar-refractivity contribution is -0.149. The van der Waals surface area contributed by atoms with E-state index in [0.717, 1.165) is 64.2 Å². The average molecular weight is 427 g/mol. The number of rotatable bonds is 19. The normalized spacial score (nSPS) is 13.5. The van der Waals surface area contributed by atoms with Gasteiger partial charge in [-0.1, -0.05) is 66.2 Å². The maximum atomic E-state index is 11.9. The van der Waals surface area contributed by atoms with Gasteiger partial charge in [0.1, 0.15) is 0 Å². The summed E-state index contributed by atoms with van der Waals surface area (Å²) in [6.45, 7) is 12.9. The summed E-state index contributed by atoms with van der Waals surface area (Å²) in [5.74, 6) is 1.30. The molecule has 0 radical (unpaired) electrons. The second-order valence-electron chi connectivity index (χ2n) is 9.87. The number of carbonyl (C=O) groups is 2. The largest absolute Gasteiger partial charge is 0.463 e. The Morgan fingerprint density at radius 3 is 1.17 bits per heavy atom. The van der Waals surface area contributed by atoms with Crippen molar-refractivity contribution in [1.82, 2.24) is 0 Å². The molecule has 0 heterocycles. The van der Waals surface area contributed by atoms with Crippen molar-refractivity contribution in [2.75, 3.05) is 0 Å². The van der Waals surface area contributed by atoms with Crippen LogP contribution in [0.1, 0.15) is 131 Å². The van der Waals surface area contributed by atoms with Gasteiger partial charge in [-0.15, -0.1) is 0 Å². The number of hydrogen-bond donors (Lipinski definition) is 0. The van der Waals surface area contributed by atoms with Crippen molar-refractivity contribution in [2.24, 2.45) is 11.8 Å². The molecule has 0 aliphatic carbocycles. The first-order valence-corrected chi connectivity index (χ1v) is 12.6. The minimum absolute atomic E-state index is 0.0360. The molecule has 0 aromatic carbocycles. The summed E-state index contributed by atoms with van der Waals surface area (Å²) in [6.07, 6.45) is 13.8. The molecule has 0 aromatic rings. The summed E-state index contributed by atoms with van der Waals surface area (Å²) in [6, 6.07) is 0. The van der Waals surface area contributed by atoms with Crippen molar-refractivity contribution < 1.29 is 19.1 Å². The summed E-state index contributed by atoms with van der Waals surface area (Å²) >= 11 is 0. The maximum Gasteiger partial charge on any atom is 0.306 e. The molecule has 0 spiro atoms. The summed E-state index contributed by atoms with van der Waals surface area (Å²) in [7, 11) is 0. The van der Waals surface area contributed by atoms with Crippen molar-refractivity contribution >= 4 is 11.9 Å². The van der Waals surface area contributed by atoms with Crippen LogP contribution < -0.4 is 0 Å². The lowest BCUT2D eigenvalue weighted by Crippen LogP contribution is -2.15. The lowest BCUT2D eigenvalue weighted by Gasteiger charge is -2.14. The molecule has 0 fully saturated rings. The van der Waals surface area contributed by atoms with Crippen LogP contribution in [-0.4, -0.2) is 24.1 Å². The molecule has 4 nitrogen and oxygen atoms in total. The fourth-order valence-corrected chi connectivity index (χ4v) is 3.56. The third kappa shape index (κ3) is 20.2. The SMILES string of the molecule is CC(C)CCCC(C)OC(=O)CCCCCCCCC(=O)OC(C)CCCC(C)C. The molecule has 0 amide bonds.